The van der Waals surface area contributed by atoms with Crippen molar-refractivity contribution in [3.8, 4) is 0 Å². The van der Waals surface area contributed by atoms with Crippen LogP contribution in [0.25, 0.3) is 0 Å². The minimum Gasteiger partial charge on any atom is -0.0651 e. The summed E-state index contributed by atoms with van der Waals surface area (Å²) in [5, 5.41) is 0. The van der Waals surface area contributed by atoms with Crippen molar-refractivity contribution in [2.45, 2.75) is 47.0 Å². The average Bonchev–Trinajstić information content (AvgIpc) is 2.42. The van der Waals surface area contributed by atoms with Crippen LogP contribution in [-0.4, -0.2) is 0 Å². The second-order valence-electron chi connectivity index (χ2n) is 5.08. The summed E-state index contributed by atoms with van der Waals surface area (Å²) in [6.07, 6.45) is 3.59. The molecule has 0 saturated heterocycles. The predicted molar refractivity (Wildman–Crippen MR) is 85.7 cm³/mol. The van der Waals surface area contributed by atoms with Gasteiger partial charge >= 0.3 is 0 Å². The second kappa shape index (κ2) is 8.53. The van der Waals surface area contributed by atoms with Gasteiger partial charge in [0.1, 0.15) is 0 Å². The minimum atomic E-state index is 1.14. The van der Waals surface area contributed by atoms with Crippen molar-refractivity contribution in [1.82, 2.24) is 0 Å². The monoisotopic (exact) mass is 254 g/mol. The Labute approximate surface area is 118 Å². The maximum absolute atomic E-state index is 2.22. The Bertz CT molecular complexity index is 466. The van der Waals surface area contributed by atoms with E-state index in [2.05, 4.69) is 76.2 Å². The largest absolute Gasteiger partial charge is 0.0651 e. The molecule has 0 aliphatic rings. The molecule has 0 bridgehead atoms. The Morgan fingerprint density at radius 3 is 1.89 bits per heavy atom. The van der Waals surface area contributed by atoms with Gasteiger partial charge in [-0.3, -0.25) is 0 Å². The van der Waals surface area contributed by atoms with Crippen LogP contribution < -0.4 is 0 Å². The first-order valence-corrected chi connectivity index (χ1v) is 7.26. The molecule has 2 aromatic carbocycles. The molecule has 0 radical (unpaired) electrons. The highest BCUT2D eigenvalue weighted by Gasteiger charge is 1.88. The molecular weight excluding hydrogens is 228 g/mol. The van der Waals surface area contributed by atoms with Crippen LogP contribution >= 0.6 is 0 Å². The molecular formula is C19H26. The van der Waals surface area contributed by atoms with Crippen molar-refractivity contribution in [3.63, 3.8) is 0 Å². The second-order valence-corrected chi connectivity index (χ2v) is 5.08. The minimum absolute atomic E-state index is 1.14. The molecule has 0 spiro atoms. The van der Waals surface area contributed by atoms with Crippen molar-refractivity contribution in [3.05, 3.63) is 70.8 Å². The fourth-order valence-corrected chi connectivity index (χ4v) is 1.98. The topological polar surface area (TPSA) is 0 Å². The molecule has 0 heterocycles. The van der Waals surface area contributed by atoms with Crippen LogP contribution in [0, 0.1) is 13.8 Å². The van der Waals surface area contributed by atoms with E-state index in [-0.39, 0.29) is 0 Å². The average molecular weight is 254 g/mol. The van der Waals surface area contributed by atoms with E-state index in [0.29, 0.717) is 0 Å². The maximum atomic E-state index is 2.22. The third kappa shape index (κ3) is 6.24. The van der Waals surface area contributed by atoms with E-state index in [1.54, 1.807) is 0 Å². The predicted octanol–water partition coefficient (Wildman–Crippen LogP) is 5.50. The molecule has 2 rings (SSSR count). The Kier molecular flexibility index (Phi) is 6.95. The third-order valence-corrected chi connectivity index (χ3v) is 3.15. The lowest BCUT2D eigenvalue weighted by molar-refractivity contribution is 0.921. The van der Waals surface area contributed by atoms with E-state index in [0.717, 1.165) is 6.42 Å². The van der Waals surface area contributed by atoms with Crippen molar-refractivity contribution in [2.24, 2.45) is 0 Å². The zero-order valence-electron chi connectivity index (χ0n) is 12.7. The Morgan fingerprint density at radius 2 is 1.42 bits per heavy atom. The first-order valence-electron chi connectivity index (χ1n) is 7.26. The number of rotatable bonds is 3. The quantitative estimate of drug-likeness (QED) is 0.678. The maximum Gasteiger partial charge on any atom is -0.0281 e. The molecule has 0 fully saturated rings. The van der Waals surface area contributed by atoms with Gasteiger partial charge in [-0.15, -0.1) is 0 Å². The first kappa shape index (κ1) is 15.5. The first-order chi connectivity index (χ1) is 9.15. The normalized spacial score (nSPS) is 9.68. The zero-order valence-corrected chi connectivity index (χ0v) is 12.7. The van der Waals surface area contributed by atoms with Gasteiger partial charge in [0.05, 0.1) is 0 Å². The lowest BCUT2D eigenvalue weighted by Crippen LogP contribution is -1.81. The third-order valence-electron chi connectivity index (χ3n) is 3.15. The highest BCUT2D eigenvalue weighted by atomic mass is 13.9. The van der Waals surface area contributed by atoms with Gasteiger partial charge in [-0.25, -0.2) is 0 Å². The van der Waals surface area contributed by atoms with Gasteiger partial charge in [-0.05, 0) is 37.8 Å². The zero-order chi connectivity index (χ0) is 14.1. The Morgan fingerprint density at radius 1 is 0.737 bits per heavy atom. The number of aryl methyl sites for hydroxylation is 4. The lowest BCUT2D eigenvalue weighted by Gasteiger charge is -1.97. The van der Waals surface area contributed by atoms with Crippen molar-refractivity contribution in [2.75, 3.05) is 0 Å². The van der Waals surface area contributed by atoms with Gasteiger partial charge in [0, 0.05) is 0 Å². The van der Waals surface area contributed by atoms with Gasteiger partial charge in [-0.2, -0.15) is 0 Å². The van der Waals surface area contributed by atoms with Crippen LogP contribution in [0.15, 0.2) is 48.5 Å². The van der Waals surface area contributed by atoms with E-state index in [4.69, 9.17) is 0 Å². The van der Waals surface area contributed by atoms with Crippen molar-refractivity contribution in [1.29, 1.82) is 0 Å². The smallest absolute Gasteiger partial charge is 0.0281 e. The summed E-state index contributed by atoms with van der Waals surface area (Å²) in [7, 11) is 0. The molecule has 0 heteroatoms. The standard InChI is InChI=1S/C10H14.C9H12/c1-3-4-10-7-5-9(2)6-8-10;1-3-9-6-4-5-8(2)7-9/h5-8H,3-4H2,1-2H3;4-7H,3H2,1-2H3. The van der Waals surface area contributed by atoms with Gasteiger partial charge in [0.2, 0.25) is 0 Å². The molecule has 0 unspecified atom stereocenters. The number of hydrogen-bond acceptors (Lipinski definition) is 0. The van der Waals surface area contributed by atoms with Gasteiger partial charge < -0.3 is 0 Å². The molecule has 0 aliphatic heterocycles. The molecule has 0 aliphatic carbocycles. The molecule has 0 amide bonds. The number of benzene rings is 2. The van der Waals surface area contributed by atoms with Gasteiger partial charge in [0.25, 0.3) is 0 Å². The van der Waals surface area contributed by atoms with E-state index in [1.165, 1.54) is 35.1 Å². The summed E-state index contributed by atoms with van der Waals surface area (Å²) in [4.78, 5) is 0. The summed E-state index contributed by atoms with van der Waals surface area (Å²) in [6, 6.07) is 17.4. The fourth-order valence-electron chi connectivity index (χ4n) is 1.98. The highest BCUT2D eigenvalue weighted by molar-refractivity contribution is 5.22. The highest BCUT2D eigenvalue weighted by Crippen LogP contribution is 2.05. The number of hydrogen-bond donors (Lipinski definition) is 0. The molecule has 0 saturated carbocycles. The molecule has 0 aromatic heterocycles. The lowest BCUT2D eigenvalue weighted by atomic mass is 10.1. The summed E-state index contributed by atoms with van der Waals surface area (Å²) in [5.74, 6) is 0. The Hall–Kier alpha value is -1.56. The summed E-state index contributed by atoms with van der Waals surface area (Å²) >= 11 is 0. The summed E-state index contributed by atoms with van der Waals surface area (Å²) in [5.41, 5.74) is 5.58. The van der Waals surface area contributed by atoms with Crippen LogP contribution in [0.3, 0.4) is 0 Å². The van der Waals surface area contributed by atoms with Crippen LogP contribution in [0.2, 0.25) is 0 Å². The van der Waals surface area contributed by atoms with Gasteiger partial charge in [0.15, 0.2) is 0 Å². The van der Waals surface area contributed by atoms with Gasteiger partial charge in [-0.1, -0.05) is 79.9 Å². The molecule has 2 aromatic rings. The molecule has 0 N–H and O–H groups in total. The van der Waals surface area contributed by atoms with E-state index >= 15 is 0 Å². The van der Waals surface area contributed by atoms with E-state index < -0.39 is 0 Å². The van der Waals surface area contributed by atoms with Crippen molar-refractivity contribution >= 4 is 0 Å². The van der Waals surface area contributed by atoms with E-state index in [9.17, 15) is 0 Å². The van der Waals surface area contributed by atoms with E-state index in [1.807, 2.05) is 0 Å². The molecule has 102 valence electrons. The van der Waals surface area contributed by atoms with Crippen LogP contribution in [-0.2, 0) is 12.8 Å². The summed E-state index contributed by atoms with van der Waals surface area (Å²) in [6.45, 7) is 8.63. The molecule has 0 nitrogen and oxygen atoms in total. The SMILES string of the molecule is CCCc1ccc(C)cc1.CCc1cccc(C)c1. The van der Waals surface area contributed by atoms with Crippen LogP contribution in [0.5, 0.6) is 0 Å². The molecule has 0 atom stereocenters. The molecule has 19 heavy (non-hydrogen) atoms. The Balaban J connectivity index is 0.000000191. The van der Waals surface area contributed by atoms with Crippen LogP contribution in [0.1, 0.15) is 42.5 Å². The fraction of sp³-hybridized carbons (Fsp3) is 0.368. The van der Waals surface area contributed by atoms with Crippen LogP contribution in [0.4, 0.5) is 0 Å². The van der Waals surface area contributed by atoms with Crippen molar-refractivity contribution < 1.29 is 0 Å². The summed E-state index contributed by atoms with van der Waals surface area (Å²) < 4.78 is 0.